The van der Waals surface area contributed by atoms with E-state index in [1.807, 2.05) is 0 Å². The van der Waals surface area contributed by atoms with E-state index in [0.717, 1.165) is 11.1 Å². The minimum absolute atomic E-state index is 0.308. The van der Waals surface area contributed by atoms with Crippen molar-refractivity contribution in [2.24, 2.45) is 0 Å². The van der Waals surface area contributed by atoms with Crippen LogP contribution in [0.3, 0.4) is 0 Å². The summed E-state index contributed by atoms with van der Waals surface area (Å²) in [6.07, 6.45) is 9.26. The molecule has 1 aliphatic rings. The highest BCUT2D eigenvalue weighted by Gasteiger charge is 2.21. The maximum absolute atomic E-state index is 11.6. The molecule has 3 rings (SSSR count). The summed E-state index contributed by atoms with van der Waals surface area (Å²) in [5.41, 5.74) is 1.58. The minimum atomic E-state index is -1.55. The normalized spacial score (nSPS) is 18.6. The van der Waals surface area contributed by atoms with Gasteiger partial charge in [0.05, 0.1) is 6.20 Å². The average Bonchev–Trinajstić information content (AvgIpc) is 2.97. The van der Waals surface area contributed by atoms with E-state index in [4.69, 9.17) is 0 Å². The number of nitrogens with one attached hydrogen (secondary N) is 1. The van der Waals surface area contributed by atoms with Crippen molar-refractivity contribution < 1.29 is 9.00 Å². The number of aromatic nitrogens is 4. The molecule has 90 valence electrons. The van der Waals surface area contributed by atoms with Crippen LogP contribution in [0.5, 0.6) is 0 Å². The van der Waals surface area contributed by atoms with E-state index in [2.05, 4.69) is 19.8 Å². The molecule has 1 aliphatic heterocycles. The lowest BCUT2D eigenvalue weighted by Crippen LogP contribution is -2.17. The van der Waals surface area contributed by atoms with Gasteiger partial charge in [0.1, 0.15) is 6.33 Å². The maximum atomic E-state index is 11.6. The molecule has 1 amide bonds. The Labute approximate surface area is 104 Å². The molecule has 7 nitrogen and oxygen atoms in total. The first-order valence-corrected chi connectivity index (χ1v) is 6.13. The van der Waals surface area contributed by atoms with Gasteiger partial charge in [0.2, 0.25) is 0 Å². The molecule has 0 aliphatic carbocycles. The smallest absolute Gasteiger partial charge is 0.258 e. The van der Waals surface area contributed by atoms with Gasteiger partial charge in [-0.1, -0.05) is 0 Å². The Morgan fingerprint density at radius 2 is 1.94 bits per heavy atom. The van der Waals surface area contributed by atoms with Crippen LogP contribution in [0.2, 0.25) is 0 Å². The molecule has 0 fully saturated rings. The van der Waals surface area contributed by atoms with Gasteiger partial charge >= 0.3 is 0 Å². The van der Waals surface area contributed by atoms with Crippen LogP contribution in [-0.2, 0) is 15.8 Å². The molecular weight excluding hydrogens is 254 g/mol. The molecule has 18 heavy (non-hydrogen) atoms. The Morgan fingerprint density at radius 3 is 2.61 bits per heavy atom. The molecule has 2 aromatic heterocycles. The third kappa shape index (κ3) is 1.82. The van der Waals surface area contributed by atoms with Crippen LogP contribution < -0.4 is 4.72 Å². The van der Waals surface area contributed by atoms with Crippen molar-refractivity contribution in [2.75, 3.05) is 0 Å². The summed E-state index contributed by atoms with van der Waals surface area (Å²) >= 11 is 0. The number of nitrogens with zero attached hydrogens (tertiary/aromatic N) is 4. The quantitative estimate of drug-likeness (QED) is 0.817. The third-order valence-electron chi connectivity index (χ3n) is 2.34. The fourth-order valence-electron chi connectivity index (χ4n) is 1.53. The van der Waals surface area contributed by atoms with Gasteiger partial charge in [-0.05, 0) is 0 Å². The Balaban J connectivity index is 1.98. The van der Waals surface area contributed by atoms with Crippen LogP contribution in [0.25, 0.3) is 16.2 Å². The van der Waals surface area contributed by atoms with Gasteiger partial charge in [0.25, 0.3) is 5.91 Å². The zero-order chi connectivity index (χ0) is 12.5. The highest BCUT2D eigenvalue weighted by molar-refractivity contribution is 7.93. The minimum Gasteiger partial charge on any atom is -0.269 e. The topological polar surface area (TPSA) is 89.8 Å². The van der Waals surface area contributed by atoms with Crippen LogP contribution in [-0.4, -0.2) is 29.9 Å². The van der Waals surface area contributed by atoms with Gasteiger partial charge in [-0.25, -0.2) is 18.9 Å². The molecule has 1 atom stereocenters. The molecule has 0 aromatic carbocycles. The van der Waals surface area contributed by atoms with E-state index in [0.29, 0.717) is 5.03 Å². The SMILES string of the molecule is O=C1C=C(n2cc(-c3cncnc3)cn2)S(=O)N1. The summed E-state index contributed by atoms with van der Waals surface area (Å²) in [5.74, 6) is -0.386. The van der Waals surface area contributed by atoms with Gasteiger partial charge in [0, 0.05) is 35.8 Å². The predicted octanol–water partition coefficient (Wildman–Crippen LogP) is -0.0680. The number of hydrogen-bond acceptors (Lipinski definition) is 5. The van der Waals surface area contributed by atoms with E-state index < -0.39 is 11.0 Å². The van der Waals surface area contributed by atoms with Crippen LogP contribution in [0.1, 0.15) is 0 Å². The predicted molar refractivity (Wildman–Crippen MR) is 63.8 cm³/mol. The lowest BCUT2D eigenvalue weighted by molar-refractivity contribution is -0.114. The molecule has 0 saturated heterocycles. The molecule has 2 aromatic rings. The van der Waals surface area contributed by atoms with E-state index in [1.165, 1.54) is 17.1 Å². The van der Waals surface area contributed by atoms with Crippen LogP contribution >= 0.6 is 0 Å². The van der Waals surface area contributed by atoms with E-state index in [1.54, 1.807) is 24.8 Å². The summed E-state index contributed by atoms with van der Waals surface area (Å²) in [7, 11) is -1.55. The summed E-state index contributed by atoms with van der Waals surface area (Å²) in [6, 6.07) is 0. The van der Waals surface area contributed by atoms with E-state index in [9.17, 15) is 9.00 Å². The summed E-state index contributed by atoms with van der Waals surface area (Å²) in [6.45, 7) is 0. The molecular formula is C10H7N5O2S. The molecule has 1 unspecified atom stereocenters. The van der Waals surface area contributed by atoms with Crippen molar-refractivity contribution in [1.82, 2.24) is 24.5 Å². The van der Waals surface area contributed by atoms with Gasteiger partial charge in [-0.3, -0.25) is 9.52 Å². The number of hydrogen-bond donors (Lipinski definition) is 1. The first-order valence-electron chi connectivity index (χ1n) is 4.98. The Morgan fingerprint density at radius 1 is 1.17 bits per heavy atom. The largest absolute Gasteiger partial charge is 0.269 e. The summed E-state index contributed by atoms with van der Waals surface area (Å²) in [4.78, 5) is 18.9. The fourth-order valence-corrected chi connectivity index (χ4v) is 2.36. The molecule has 0 radical (unpaired) electrons. The summed E-state index contributed by atoms with van der Waals surface area (Å²) < 4.78 is 15.2. The van der Waals surface area contributed by atoms with Crippen LogP contribution in [0.4, 0.5) is 0 Å². The zero-order valence-corrected chi connectivity index (χ0v) is 9.79. The standard InChI is InChI=1S/C10H7N5O2S/c16-9-1-10(18(17)14-9)15-5-8(4-13-15)7-2-11-6-12-3-7/h1-6H,(H,14,16). The van der Waals surface area contributed by atoms with Crippen LogP contribution in [0.15, 0.2) is 37.2 Å². The third-order valence-corrected chi connectivity index (χ3v) is 3.41. The van der Waals surface area contributed by atoms with Crippen molar-refractivity contribution in [2.45, 2.75) is 0 Å². The van der Waals surface area contributed by atoms with Crippen molar-refractivity contribution in [3.05, 3.63) is 37.2 Å². The second kappa shape index (κ2) is 4.15. The molecule has 8 heteroatoms. The lowest BCUT2D eigenvalue weighted by atomic mass is 10.2. The molecule has 0 saturated carbocycles. The van der Waals surface area contributed by atoms with Crippen molar-refractivity contribution in [3.63, 3.8) is 0 Å². The van der Waals surface area contributed by atoms with Gasteiger partial charge in [-0.2, -0.15) is 5.10 Å². The zero-order valence-electron chi connectivity index (χ0n) is 8.98. The fraction of sp³-hybridized carbons (Fsp3) is 0. The number of rotatable bonds is 2. The second-order valence-corrected chi connectivity index (χ2v) is 4.68. The van der Waals surface area contributed by atoms with Gasteiger partial charge in [-0.15, -0.1) is 0 Å². The van der Waals surface area contributed by atoms with E-state index in [-0.39, 0.29) is 5.91 Å². The summed E-state index contributed by atoms with van der Waals surface area (Å²) in [5, 5.41) is 4.38. The number of carbonyl (C=O) groups is 1. The molecule has 0 spiro atoms. The first kappa shape index (κ1) is 10.8. The van der Waals surface area contributed by atoms with Crippen molar-refractivity contribution in [3.8, 4) is 11.1 Å². The van der Waals surface area contributed by atoms with E-state index >= 15 is 0 Å². The lowest BCUT2D eigenvalue weighted by Gasteiger charge is -1.98. The van der Waals surface area contributed by atoms with Crippen LogP contribution in [0, 0.1) is 0 Å². The molecule has 1 N–H and O–H groups in total. The Hall–Kier alpha value is -2.35. The first-order chi connectivity index (χ1) is 8.74. The Kier molecular flexibility index (Phi) is 2.49. The Bertz CT molecular complexity index is 664. The highest BCUT2D eigenvalue weighted by Crippen LogP contribution is 2.19. The maximum Gasteiger partial charge on any atom is 0.258 e. The number of amides is 1. The van der Waals surface area contributed by atoms with Crippen molar-refractivity contribution >= 4 is 21.9 Å². The molecule has 3 heterocycles. The number of carbonyl (C=O) groups excluding carboxylic acids is 1. The second-order valence-electron chi connectivity index (χ2n) is 3.52. The van der Waals surface area contributed by atoms with Gasteiger partial charge < -0.3 is 0 Å². The molecule has 0 bridgehead atoms. The highest BCUT2D eigenvalue weighted by atomic mass is 32.2. The average molecular weight is 261 g/mol. The monoisotopic (exact) mass is 261 g/mol. The van der Waals surface area contributed by atoms with Crippen molar-refractivity contribution in [1.29, 1.82) is 0 Å². The van der Waals surface area contributed by atoms with Gasteiger partial charge in [0.15, 0.2) is 16.0 Å².